The van der Waals surface area contributed by atoms with Gasteiger partial charge in [-0.05, 0) is 36.5 Å². The molecule has 1 amide bonds. The maximum atomic E-state index is 12.7. The van der Waals surface area contributed by atoms with Crippen molar-refractivity contribution in [1.82, 2.24) is 9.13 Å². The van der Waals surface area contributed by atoms with E-state index in [-0.39, 0.29) is 5.56 Å². The molecule has 7 heteroatoms. The van der Waals surface area contributed by atoms with Gasteiger partial charge in [-0.1, -0.05) is 48.5 Å². The summed E-state index contributed by atoms with van der Waals surface area (Å²) in [6, 6.07) is 19.2. The zero-order chi connectivity index (χ0) is 21.1. The van der Waals surface area contributed by atoms with E-state index in [1.165, 1.54) is 4.57 Å². The molecule has 2 aromatic carbocycles. The molecule has 2 heterocycles. The fourth-order valence-corrected chi connectivity index (χ4v) is 3.83. The molecule has 150 valence electrons. The van der Waals surface area contributed by atoms with Crippen molar-refractivity contribution in [2.45, 2.75) is 32.4 Å². The van der Waals surface area contributed by atoms with Gasteiger partial charge in [0.1, 0.15) is 18.2 Å². The number of aromatic nitrogens is 2. The van der Waals surface area contributed by atoms with Crippen molar-refractivity contribution in [1.29, 1.82) is 5.26 Å². The quantitative estimate of drug-likeness (QED) is 0.709. The van der Waals surface area contributed by atoms with Gasteiger partial charge in [0, 0.05) is 17.9 Å². The molecule has 0 saturated heterocycles. The van der Waals surface area contributed by atoms with Crippen molar-refractivity contribution in [3.8, 4) is 6.07 Å². The van der Waals surface area contributed by atoms with E-state index in [2.05, 4.69) is 5.32 Å². The van der Waals surface area contributed by atoms with Crippen LogP contribution in [0.4, 0.5) is 5.69 Å². The molecule has 0 aliphatic carbocycles. The largest absolute Gasteiger partial charge is 0.331 e. The number of hydrogen-bond acceptors (Lipinski definition) is 4. The van der Waals surface area contributed by atoms with Crippen LogP contribution in [-0.4, -0.2) is 15.0 Å². The van der Waals surface area contributed by atoms with Crippen LogP contribution in [0.2, 0.25) is 0 Å². The molecular formula is C23H20N4O3. The summed E-state index contributed by atoms with van der Waals surface area (Å²) in [6.07, 6.45) is 1.86. The Morgan fingerprint density at radius 1 is 1.07 bits per heavy atom. The third-order valence-corrected chi connectivity index (χ3v) is 5.27. The van der Waals surface area contributed by atoms with Crippen molar-refractivity contribution in [2.24, 2.45) is 0 Å². The van der Waals surface area contributed by atoms with Crippen molar-refractivity contribution in [2.75, 3.05) is 5.32 Å². The van der Waals surface area contributed by atoms with Crippen molar-refractivity contribution < 1.29 is 4.79 Å². The van der Waals surface area contributed by atoms with Gasteiger partial charge >= 0.3 is 5.69 Å². The third-order valence-electron chi connectivity index (χ3n) is 5.27. The Bertz CT molecular complexity index is 1270. The number of anilines is 1. The summed E-state index contributed by atoms with van der Waals surface area (Å²) in [5.74, 6) is -0.489. The molecule has 1 aliphatic heterocycles. The lowest BCUT2D eigenvalue weighted by molar-refractivity contribution is -0.116. The molecule has 1 N–H and O–H groups in total. The standard InChI is InChI=1S/C23H20N4O3/c24-14-18-20-11-6-12-26(20)23(30)27(22(18)29)15-21(28)25-19-10-5-4-9-17(19)13-16-7-2-1-3-8-16/h1-5,7-10H,6,11-13,15H2,(H,25,28). The predicted molar refractivity (Wildman–Crippen MR) is 112 cm³/mol. The normalized spacial score (nSPS) is 12.2. The second-order valence-corrected chi connectivity index (χ2v) is 7.23. The first kappa shape index (κ1) is 19.4. The highest BCUT2D eigenvalue weighted by Gasteiger charge is 2.23. The number of carbonyl (C=O) groups is 1. The SMILES string of the molecule is N#Cc1c2n(c(=O)n(CC(=O)Nc3ccccc3Cc3ccccc3)c1=O)CCC2. The number of hydrogen-bond donors (Lipinski definition) is 1. The van der Waals surface area contributed by atoms with Crippen LogP contribution in [0, 0.1) is 11.3 Å². The minimum Gasteiger partial charge on any atom is -0.324 e. The van der Waals surface area contributed by atoms with Gasteiger partial charge in [0.05, 0.1) is 0 Å². The molecule has 0 saturated carbocycles. The minimum absolute atomic E-state index is 0.0515. The number of nitrogens with zero attached hydrogens (tertiary/aromatic N) is 3. The van der Waals surface area contributed by atoms with Crippen LogP contribution in [-0.2, 0) is 30.7 Å². The van der Waals surface area contributed by atoms with Crippen LogP contribution in [0.15, 0.2) is 64.2 Å². The summed E-state index contributed by atoms with van der Waals surface area (Å²) in [4.78, 5) is 38.0. The van der Waals surface area contributed by atoms with E-state index in [4.69, 9.17) is 0 Å². The van der Waals surface area contributed by atoms with Crippen molar-refractivity contribution in [3.63, 3.8) is 0 Å². The first-order valence-corrected chi connectivity index (χ1v) is 9.77. The smallest absolute Gasteiger partial charge is 0.324 e. The highest BCUT2D eigenvalue weighted by Crippen LogP contribution is 2.19. The molecule has 0 fully saturated rings. The number of carbonyl (C=O) groups excluding carboxylic acids is 1. The predicted octanol–water partition coefficient (Wildman–Crippen LogP) is 2.06. The number of para-hydroxylation sites is 1. The number of fused-ring (bicyclic) bond motifs is 1. The molecule has 0 atom stereocenters. The Balaban J connectivity index is 1.60. The fourth-order valence-electron chi connectivity index (χ4n) is 3.83. The summed E-state index contributed by atoms with van der Waals surface area (Å²) in [7, 11) is 0. The molecule has 0 bridgehead atoms. The summed E-state index contributed by atoms with van der Waals surface area (Å²) in [5.41, 5.74) is 1.82. The van der Waals surface area contributed by atoms with Crippen LogP contribution in [0.3, 0.4) is 0 Å². The number of benzene rings is 2. The lowest BCUT2D eigenvalue weighted by Gasteiger charge is -2.13. The topological polar surface area (TPSA) is 96.9 Å². The molecule has 4 rings (SSSR count). The van der Waals surface area contributed by atoms with Crippen LogP contribution >= 0.6 is 0 Å². The van der Waals surface area contributed by atoms with E-state index < -0.39 is 23.7 Å². The maximum Gasteiger partial charge on any atom is 0.331 e. The average molecular weight is 400 g/mol. The Labute approximate surface area is 172 Å². The van der Waals surface area contributed by atoms with E-state index in [1.807, 2.05) is 54.6 Å². The monoisotopic (exact) mass is 400 g/mol. The van der Waals surface area contributed by atoms with E-state index in [1.54, 1.807) is 6.07 Å². The minimum atomic E-state index is -0.705. The molecule has 1 aliphatic rings. The lowest BCUT2D eigenvalue weighted by Crippen LogP contribution is -2.44. The van der Waals surface area contributed by atoms with Crippen molar-refractivity contribution >= 4 is 11.6 Å². The molecule has 0 spiro atoms. The van der Waals surface area contributed by atoms with Gasteiger partial charge in [-0.2, -0.15) is 5.26 Å². The van der Waals surface area contributed by atoms with Gasteiger partial charge in [0.25, 0.3) is 5.56 Å². The molecule has 0 radical (unpaired) electrons. The van der Waals surface area contributed by atoms with Crippen molar-refractivity contribution in [3.05, 3.63) is 97.8 Å². The molecule has 1 aromatic heterocycles. The van der Waals surface area contributed by atoms with Crippen LogP contribution in [0.25, 0.3) is 0 Å². The first-order valence-electron chi connectivity index (χ1n) is 9.77. The molecule has 30 heavy (non-hydrogen) atoms. The van der Waals surface area contributed by atoms with E-state index in [9.17, 15) is 19.6 Å². The summed E-state index contributed by atoms with van der Waals surface area (Å²) in [5, 5.41) is 12.2. The van der Waals surface area contributed by atoms with Crippen LogP contribution in [0.1, 0.15) is 28.8 Å². The number of nitrogens with one attached hydrogen (secondary N) is 1. The van der Waals surface area contributed by atoms with Gasteiger partial charge in [0.2, 0.25) is 5.91 Å². The Morgan fingerprint density at radius 2 is 1.80 bits per heavy atom. The zero-order valence-electron chi connectivity index (χ0n) is 16.3. The third kappa shape index (κ3) is 3.67. The average Bonchev–Trinajstić information content (AvgIpc) is 3.23. The molecule has 3 aromatic rings. The summed E-state index contributed by atoms with van der Waals surface area (Å²) < 4.78 is 2.28. The molecular weight excluding hydrogens is 380 g/mol. The highest BCUT2D eigenvalue weighted by atomic mass is 16.2. The summed E-state index contributed by atoms with van der Waals surface area (Å²) >= 11 is 0. The second kappa shape index (κ2) is 8.21. The van der Waals surface area contributed by atoms with Crippen LogP contribution < -0.4 is 16.6 Å². The van der Waals surface area contributed by atoms with Gasteiger partial charge in [-0.25, -0.2) is 9.36 Å². The Morgan fingerprint density at radius 3 is 2.57 bits per heavy atom. The Hall–Kier alpha value is -3.92. The molecule has 7 nitrogen and oxygen atoms in total. The van der Waals surface area contributed by atoms with Gasteiger partial charge in [-0.15, -0.1) is 0 Å². The fraction of sp³-hybridized carbons (Fsp3) is 0.217. The Kier molecular flexibility index (Phi) is 5.31. The zero-order valence-corrected chi connectivity index (χ0v) is 16.3. The van der Waals surface area contributed by atoms with Gasteiger partial charge in [0.15, 0.2) is 0 Å². The second-order valence-electron chi connectivity index (χ2n) is 7.23. The van der Waals surface area contributed by atoms with Gasteiger partial charge < -0.3 is 5.32 Å². The number of amides is 1. The number of nitriles is 1. The van der Waals surface area contributed by atoms with Crippen LogP contribution in [0.5, 0.6) is 0 Å². The van der Waals surface area contributed by atoms with Gasteiger partial charge in [-0.3, -0.25) is 14.2 Å². The van der Waals surface area contributed by atoms with E-state index in [0.717, 1.165) is 15.7 Å². The first-order chi connectivity index (χ1) is 14.6. The highest BCUT2D eigenvalue weighted by molar-refractivity contribution is 5.91. The molecule has 0 unspecified atom stereocenters. The van der Waals surface area contributed by atoms with E-state index >= 15 is 0 Å². The van der Waals surface area contributed by atoms with E-state index in [0.29, 0.717) is 37.2 Å². The number of rotatable bonds is 5. The maximum absolute atomic E-state index is 12.7. The summed E-state index contributed by atoms with van der Waals surface area (Å²) in [6.45, 7) is 0.0109. The lowest BCUT2D eigenvalue weighted by atomic mass is 10.0.